The fraction of sp³-hybridized carbons (Fsp3) is 0.310. The molecule has 0 bridgehead atoms. The highest BCUT2D eigenvalue weighted by Gasteiger charge is 2.41. The van der Waals surface area contributed by atoms with Crippen LogP contribution in [0.4, 0.5) is 21.0 Å². The number of nitrogens with zero attached hydrogens (tertiary/aromatic N) is 6. The van der Waals surface area contributed by atoms with E-state index in [1.54, 1.807) is 76.6 Å². The summed E-state index contributed by atoms with van der Waals surface area (Å²) in [7, 11) is 11.1. The maximum absolute atomic E-state index is 13.9. The second-order valence-electron chi connectivity index (χ2n) is 20.4. The van der Waals surface area contributed by atoms with Crippen LogP contribution < -0.4 is 40.4 Å². The van der Waals surface area contributed by atoms with Gasteiger partial charge < -0.3 is 66.8 Å². The Morgan fingerprint density at radius 3 is 1.28 bits per heavy atom. The number of benzene rings is 4. The molecule has 86 heavy (non-hydrogen) atoms. The zero-order valence-electron chi connectivity index (χ0n) is 48.3. The van der Waals surface area contributed by atoms with Crippen molar-refractivity contribution < 1.29 is 75.6 Å². The van der Waals surface area contributed by atoms with Crippen LogP contribution >= 0.6 is 23.2 Å². The standard InChI is InChI=1S/2C29H30ClN5O8/c2*1-14-23(28(38)41-5)25-24-16(11-30)12-35(27(37)21-9-15-8-17(40-4)6-7-19(15)42-21)18(24)10-20(26(25)32-14)43-29(39)33(2)13-22(36)34(3)31/h2*6-10,16,32H,11-13,31H2,1-5H3/t2*16-/m11/s1. The first-order valence-electron chi connectivity index (χ1n) is 26.3. The number of esters is 2. The number of rotatable bonds is 14. The maximum atomic E-state index is 13.9. The number of amides is 6. The Morgan fingerprint density at radius 2 is 0.953 bits per heavy atom. The number of hydrazine groups is 2. The third kappa shape index (κ3) is 11.3. The van der Waals surface area contributed by atoms with Crippen molar-refractivity contribution in [3.63, 3.8) is 0 Å². The van der Waals surface area contributed by atoms with Gasteiger partial charge in [0.15, 0.2) is 23.0 Å². The van der Waals surface area contributed by atoms with Crippen molar-refractivity contribution in [1.29, 1.82) is 0 Å². The lowest BCUT2D eigenvalue weighted by Gasteiger charge is -2.20. The molecule has 4 aromatic heterocycles. The quantitative estimate of drug-likeness (QED) is 0.0269. The number of nitrogens with two attached hydrogens (primary N) is 2. The molecule has 0 radical (unpaired) electrons. The summed E-state index contributed by atoms with van der Waals surface area (Å²) < 4.78 is 43.9. The average Bonchev–Trinajstić information content (AvgIpc) is 1.61. The smallest absolute Gasteiger partial charge is 0.415 e. The van der Waals surface area contributed by atoms with Crippen LogP contribution in [0, 0.1) is 13.8 Å². The van der Waals surface area contributed by atoms with Gasteiger partial charge in [-0.3, -0.25) is 29.2 Å². The monoisotopic (exact) mass is 1220 g/mol. The SMILES string of the molecule is COC(=O)c1c(C)[nH]c2c(OC(=O)N(C)CC(=O)N(C)N)cc3c(c12)[C@H](CCl)CN3C(=O)c1cc2cc(OC)ccc2o1.COC(=O)c1c(C)[nH]c2c(OC(=O)N(C)CC(=O)N(C)N)cc3c(c12)[C@H](CCl)CN3C(=O)c1cc2cc(OC)ccc2o1. The number of anilines is 2. The molecule has 0 saturated heterocycles. The van der Waals surface area contributed by atoms with E-state index in [4.69, 9.17) is 72.1 Å². The number of H-pyrrole nitrogens is 2. The van der Waals surface area contributed by atoms with Crippen molar-refractivity contribution in [1.82, 2.24) is 29.8 Å². The van der Waals surface area contributed by atoms with E-state index in [0.717, 1.165) is 19.8 Å². The number of alkyl halides is 2. The third-order valence-corrected chi connectivity index (χ3v) is 15.5. The largest absolute Gasteiger partial charge is 0.497 e. The fourth-order valence-corrected chi connectivity index (χ4v) is 10.9. The number of nitrogens with one attached hydrogen (secondary N) is 2. The summed E-state index contributed by atoms with van der Waals surface area (Å²) in [6.45, 7) is 3.03. The van der Waals surface area contributed by atoms with Crippen molar-refractivity contribution >= 4 is 126 Å². The van der Waals surface area contributed by atoms with Gasteiger partial charge >= 0.3 is 24.1 Å². The van der Waals surface area contributed by atoms with Crippen LogP contribution in [-0.4, -0.2) is 172 Å². The van der Waals surface area contributed by atoms with Crippen LogP contribution in [0.15, 0.2) is 69.5 Å². The van der Waals surface area contributed by atoms with Crippen molar-refractivity contribution in [2.45, 2.75) is 25.7 Å². The zero-order chi connectivity index (χ0) is 62.3. The fourth-order valence-electron chi connectivity index (χ4n) is 10.4. The molecule has 0 saturated carbocycles. The van der Waals surface area contributed by atoms with Crippen molar-refractivity contribution in [3.8, 4) is 23.0 Å². The molecule has 6 amide bonds. The number of aryl methyl sites for hydroxylation is 2. The highest BCUT2D eigenvalue weighted by Crippen LogP contribution is 2.50. The molecule has 0 aliphatic carbocycles. The molecule has 0 spiro atoms. The molecule has 6 heterocycles. The molecule has 10 rings (SSSR count). The van der Waals surface area contributed by atoms with Crippen molar-refractivity contribution in [2.75, 3.05) is 104 Å². The Kier molecular flexibility index (Phi) is 17.5. The summed E-state index contributed by atoms with van der Waals surface area (Å²) in [5, 5.41) is 3.91. The molecule has 0 unspecified atom stereocenters. The van der Waals surface area contributed by atoms with Gasteiger partial charge in [-0.25, -0.2) is 30.9 Å². The van der Waals surface area contributed by atoms with Gasteiger partial charge in [0.2, 0.25) is 0 Å². The van der Waals surface area contributed by atoms with Crippen LogP contribution in [0.2, 0.25) is 0 Å². The van der Waals surface area contributed by atoms with Gasteiger partial charge in [-0.05, 0) is 73.5 Å². The molecular weight excluding hydrogens is 1160 g/mol. The number of methoxy groups -OCH3 is 4. The molecule has 6 N–H and O–H groups in total. The lowest BCUT2D eigenvalue weighted by atomic mass is 9.95. The van der Waals surface area contributed by atoms with Gasteiger partial charge in [-0.15, -0.1) is 23.2 Å². The van der Waals surface area contributed by atoms with Gasteiger partial charge in [0.05, 0.1) is 62.0 Å². The second-order valence-corrected chi connectivity index (χ2v) is 21.0. The first kappa shape index (κ1) is 61.1. The Labute approximate surface area is 500 Å². The van der Waals surface area contributed by atoms with Crippen LogP contribution in [0.3, 0.4) is 0 Å². The van der Waals surface area contributed by atoms with E-state index in [9.17, 15) is 38.4 Å². The highest BCUT2D eigenvalue weighted by molar-refractivity contribution is 6.21. The number of hydrogen-bond donors (Lipinski definition) is 4. The summed E-state index contributed by atoms with van der Waals surface area (Å²) in [5.41, 5.74) is 5.04. The average molecular weight is 1220 g/mol. The Morgan fingerprint density at radius 1 is 0.581 bits per heavy atom. The number of furan rings is 2. The molecule has 26 nitrogen and oxygen atoms in total. The van der Waals surface area contributed by atoms with E-state index < -0.39 is 47.8 Å². The van der Waals surface area contributed by atoms with Gasteiger partial charge in [-0.2, -0.15) is 0 Å². The highest BCUT2D eigenvalue weighted by atomic mass is 35.5. The minimum absolute atomic E-state index is 0.0276. The van der Waals surface area contributed by atoms with Crippen molar-refractivity contribution in [2.24, 2.45) is 11.7 Å². The number of halogens is 2. The summed E-state index contributed by atoms with van der Waals surface area (Å²) in [6, 6.07) is 16.7. The van der Waals surface area contributed by atoms with E-state index in [1.165, 1.54) is 64.3 Å². The first-order chi connectivity index (χ1) is 41.0. The predicted octanol–water partition coefficient (Wildman–Crippen LogP) is 7.53. The third-order valence-electron chi connectivity index (χ3n) is 14.8. The number of aromatic nitrogens is 2. The normalized spacial score (nSPS) is 14.1. The van der Waals surface area contributed by atoms with Gasteiger partial charge in [-0.1, -0.05) is 0 Å². The maximum Gasteiger partial charge on any atom is 0.415 e. The van der Waals surface area contributed by atoms with Crippen LogP contribution in [0.5, 0.6) is 23.0 Å². The summed E-state index contributed by atoms with van der Waals surface area (Å²) in [5.74, 6) is 8.70. The lowest BCUT2D eigenvalue weighted by molar-refractivity contribution is -0.131. The van der Waals surface area contributed by atoms with E-state index in [2.05, 4.69) is 9.97 Å². The summed E-state index contributed by atoms with van der Waals surface area (Å²) in [4.78, 5) is 115. The van der Waals surface area contributed by atoms with Crippen molar-refractivity contribution in [3.05, 3.63) is 106 Å². The van der Waals surface area contributed by atoms with E-state index in [-0.39, 0.29) is 83.9 Å². The van der Waals surface area contributed by atoms with E-state index in [0.29, 0.717) is 89.1 Å². The number of hydrogen-bond acceptors (Lipinski definition) is 18. The molecule has 452 valence electrons. The van der Waals surface area contributed by atoms with Gasteiger partial charge in [0, 0.05) is 110 Å². The number of carbonyl (C=O) groups excluding carboxylic acids is 8. The molecular formula is C58H60Cl2N10O16. The molecule has 4 aromatic carbocycles. The van der Waals surface area contributed by atoms with Gasteiger partial charge in [0.1, 0.15) is 35.8 Å². The Balaban J connectivity index is 0.000000205. The number of ether oxygens (including phenoxy) is 6. The summed E-state index contributed by atoms with van der Waals surface area (Å²) >= 11 is 12.8. The van der Waals surface area contributed by atoms with Crippen LogP contribution in [-0.2, 0) is 19.1 Å². The first-order valence-corrected chi connectivity index (χ1v) is 27.4. The Hall–Kier alpha value is -9.50. The van der Waals surface area contributed by atoms with Crippen LogP contribution in [0.25, 0.3) is 43.7 Å². The molecule has 2 atom stereocenters. The number of likely N-dealkylation sites (N-methyl/N-ethyl adjacent to an activating group) is 4. The minimum atomic E-state index is -0.862. The second kappa shape index (κ2) is 24.6. The Bertz CT molecular complexity index is 3810. The van der Waals surface area contributed by atoms with Gasteiger partial charge in [0.25, 0.3) is 23.6 Å². The summed E-state index contributed by atoms with van der Waals surface area (Å²) in [6.07, 6.45) is -1.72. The molecule has 8 aromatic rings. The van der Waals surface area contributed by atoms with E-state index >= 15 is 0 Å². The molecule has 0 fully saturated rings. The zero-order valence-corrected chi connectivity index (χ0v) is 49.8. The molecule has 2 aliphatic rings. The lowest BCUT2D eigenvalue weighted by Crippen LogP contribution is -2.43. The molecule has 2 aliphatic heterocycles. The number of fused-ring (bicyclic) bond motifs is 8. The molecule has 28 heteroatoms. The number of carbonyl (C=O) groups is 8. The number of aromatic amines is 2. The topological polar surface area (TPSA) is 321 Å². The van der Waals surface area contributed by atoms with E-state index in [1.807, 2.05) is 0 Å². The minimum Gasteiger partial charge on any atom is -0.497 e. The predicted molar refractivity (Wildman–Crippen MR) is 316 cm³/mol. The van der Waals surface area contributed by atoms with Crippen LogP contribution in [0.1, 0.15) is 76.2 Å².